The molecule has 1 aliphatic heterocycles. The highest BCUT2D eigenvalue weighted by atomic mass is 16.5. The van der Waals surface area contributed by atoms with Gasteiger partial charge in [-0.15, -0.1) is 0 Å². The van der Waals surface area contributed by atoms with Crippen LogP contribution >= 0.6 is 0 Å². The Morgan fingerprint density at radius 1 is 1.32 bits per heavy atom. The molecule has 0 spiro atoms. The minimum absolute atomic E-state index is 0.0548. The van der Waals surface area contributed by atoms with E-state index in [0.29, 0.717) is 29.7 Å². The first-order chi connectivity index (χ1) is 13.4. The van der Waals surface area contributed by atoms with E-state index in [0.717, 1.165) is 30.4 Å². The van der Waals surface area contributed by atoms with Crippen molar-refractivity contribution < 1.29 is 33.7 Å². The molecule has 0 bridgehead atoms. The minimum Gasteiger partial charge on any atom is -0.496 e. The summed E-state index contributed by atoms with van der Waals surface area (Å²) in [6.07, 6.45) is 5.33. The van der Waals surface area contributed by atoms with Crippen LogP contribution in [0.5, 0.6) is 5.75 Å². The lowest BCUT2D eigenvalue weighted by Gasteiger charge is -2.17. The van der Waals surface area contributed by atoms with Crippen molar-refractivity contribution in [3.05, 3.63) is 39.5 Å². The molecule has 0 aromatic heterocycles. The van der Waals surface area contributed by atoms with Crippen molar-refractivity contribution in [2.75, 3.05) is 14.2 Å². The van der Waals surface area contributed by atoms with E-state index >= 15 is 0 Å². The van der Waals surface area contributed by atoms with Crippen molar-refractivity contribution >= 4 is 17.9 Å². The number of carbonyl (C=O) groups is 3. The Morgan fingerprint density at radius 2 is 2.07 bits per heavy atom. The number of fused-ring (bicyclic) bond motifs is 1. The van der Waals surface area contributed by atoms with Gasteiger partial charge in [0, 0.05) is 11.1 Å². The van der Waals surface area contributed by atoms with Crippen molar-refractivity contribution in [1.29, 1.82) is 0 Å². The Balaban J connectivity index is 2.03. The van der Waals surface area contributed by atoms with E-state index in [1.807, 2.05) is 6.08 Å². The number of cyclic esters (lactones) is 1. The summed E-state index contributed by atoms with van der Waals surface area (Å²) < 4.78 is 15.4. The van der Waals surface area contributed by atoms with Crippen molar-refractivity contribution in [3.8, 4) is 5.75 Å². The first-order valence-electron chi connectivity index (χ1n) is 9.27. The molecule has 1 aromatic carbocycles. The molecule has 0 amide bonds. The first kappa shape index (κ1) is 19.9. The summed E-state index contributed by atoms with van der Waals surface area (Å²) in [6, 6.07) is 0. The summed E-state index contributed by atoms with van der Waals surface area (Å²) in [4.78, 5) is 35.8. The molecule has 0 unspecified atom stereocenters. The molecular weight excluding hydrogens is 364 g/mol. The Bertz CT molecular complexity index is 866. The number of carboxylic acids is 1. The molecule has 1 atom stereocenters. The van der Waals surface area contributed by atoms with E-state index in [2.05, 4.69) is 0 Å². The number of carboxylic acid groups (broad SMARTS) is 1. The molecule has 1 aromatic rings. The van der Waals surface area contributed by atoms with Gasteiger partial charge in [-0.2, -0.15) is 0 Å². The number of ether oxygens (including phenoxy) is 3. The maximum Gasteiger partial charge on any atom is 0.339 e. The van der Waals surface area contributed by atoms with Crippen LogP contribution in [0.2, 0.25) is 0 Å². The molecule has 3 rings (SSSR count). The summed E-state index contributed by atoms with van der Waals surface area (Å²) in [7, 11) is 2.86. The molecule has 7 heteroatoms. The average molecular weight is 388 g/mol. The Morgan fingerprint density at radius 3 is 2.71 bits per heavy atom. The fourth-order valence-electron chi connectivity index (χ4n) is 4.25. The van der Waals surface area contributed by atoms with Crippen molar-refractivity contribution in [3.63, 3.8) is 0 Å². The van der Waals surface area contributed by atoms with Crippen molar-refractivity contribution in [2.45, 2.75) is 45.6 Å². The van der Waals surface area contributed by atoms with E-state index in [1.54, 1.807) is 6.92 Å². The molecule has 1 aliphatic carbocycles. The predicted octanol–water partition coefficient (Wildman–Crippen LogP) is 3.20. The highest BCUT2D eigenvalue weighted by molar-refractivity contribution is 6.07. The molecule has 150 valence electrons. The number of methoxy groups -OCH3 is 2. The normalized spacial score (nSPS) is 19.5. The van der Waals surface area contributed by atoms with Crippen LogP contribution in [0.15, 0.2) is 11.6 Å². The fraction of sp³-hybridized carbons (Fsp3) is 0.476. The largest absolute Gasteiger partial charge is 0.496 e. The topological polar surface area (TPSA) is 99.1 Å². The van der Waals surface area contributed by atoms with Crippen molar-refractivity contribution in [1.82, 2.24) is 0 Å². The van der Waals surface area contributed by atoms with Gasteiger partial charge in [-0.3, -0.25) is 4.79 Å². The minimum atomic E-state index is -1.18. The number of hydrogen-bond donors (Lipinski definition) is 1. The van der Waals surface area contributed by atoms with Gasteiger partial charge in [0.2, 0.25) is 0 Å². The lowest BCUT2D eigenvalue weighted by atomic mass is 9.89. The van der Waals surface area contributed by atoms with E-state index in [4.69, 9.17) is 14.2 Å². The lowest BCUT2D eigenvalue weighted by molar-refractivity contribution is -0.141. The number of carbonyl (C=O) groups excluding carboxylic acids is 2. The SMILES string of the molecule is COC(=O)C[C@@H]1CCC/C1=C\Cc1c(OC)c(C)c2c(c1C(=O)O)C(=O)OC2. The Kier molecular flexibility index (Phi) is 5.72. The highest BCUT2D eigenvalue weighted by Gasteiger charge is 2.34. The first-order valence-corrected chi connectivity index (χ1v) is 9.27. The van der Waals surface area contributed by atoms with Gasteiger partial charge in [0.25, 0.3) is 0 Å². The maximum absolute atomic E-state index is 12.2. The lowest BCUT2D eigenvalue weighted by Crippen LogP contribution is -2.14. The second-order valence-corrected chi connectivity index (χ2v) is 7.10. The summed E-state index contributed by atoms with van der Waals surface area (Å²) in [6.45, 7) is 1.86. The van der Waals surface area contributed by atoms with Crippen LogP contribution in [-0.2, 0) is 27.3 Å². The molecule has 1 saturated carbocycles. The number of esters is 2. The fourth-order valence-corrected chi connectivity index (χ4v) is 4.25. The molecule has 7 nitrogen and oxygen atoms in total. The smallest absolute Gasteiger partial charge is 0.339 e. The second-order valence-electron chi connectivity index (χ2n) is 7.10. The zero-order valence-corrected chi connectivity index (χ0v) is 16.3. The van der Waals surface area contributed by atoms with Crippen LogP contribution in [0, 0.1) is 12.8 Å². The molecule has 2 aliphatic rings. The van der Waals surface area contributed by atoms with Gasteiger partial charge in [-0.1, -0.05) is 11.6 Å². The van der Waals surface area contributed by atoms with Gasteiger partial charge in [0.1, 0.15) is 12.4 Å². The highest BCUT2D eigenvalue weighted by Crippen LogP contribution is 2.39. The molecular formula is C21H24O7. The molecule has 0 radical (unpaired) electrons. The third-order valence-corrected chi connectivity index (χ3v) is 5.64. The van der Waals surface area contributed by atoms with E-state index in [1.165, 1.54) is 14.2 Å². The van der Waals surface area contributed by atoms with Crippen LogP contribution in [0.1, 0.15) is 63.1 Å². The number of benzene rings is 1. The average Bonchev–Trinajstić information content (AvgIpc) is 3.26. The van der Waals surface area contributed by atoms with Gasteiger partial charge < -0.3 is 19.3 Å². The monoisotopic (exact) mass is 388 g/mol. The number of aromatic carboxylic acids is 1. The van der Waals surface area contributed by atoms with Gasteiger partial charge in [0.05, 0.1) is 31.8 Å². The van der Waals surface area contributed by atoms with Crippen LogP contribution < -0.4 is 4.74 Å². The third kappa shape index (κ3) is 3.48. The molecule has 1 heterocycles. The van der Waals surface area contributed by atoms with Crippen LogP contribution in [-0.4, -0.2) is 37.2 Å². The zero-order valence-electron chi connectivity index (χ0n) is 16.3. The second kappa shape index (κ2) is 8.04. The molecule has 1 fully saturated rings. The standard InChI is InChI=1S/C21H24O7/c1-11-15-10-28-21(25)18(15)17(20(23)24)14(19(11)27-3)8-7-12-5-4-6-13(12)9-16(22)26-2/h7,13H,4-6,8-10H2,1-3H3,(H,23,24)/b12-7+/t13-/m0/s1. The number of allylic oxidation sites excluding steroid dienone is 2. The van der Waals surface area contributed by atoms with Gasteiger partial charge in [0.15, 0.2) is 0 Å². The van der Waals surface area contributed by atoms with E-state index in [9.17, 15) is 19.5 Å². The quantitative estimate of drug-likeness (QED) is 0.590. The summed E-state index contributed by atoms with van der Waals surface area (Å²) >= 11 is 0. The summed E-state index contributed by atoms with van der Waals surface area (Å²) in [5, 5.41) is 9.81. The van der Waals surface area contributed by atoms with Crippen LogP contribution in [0.4, 0.5) is 0 Å². The van der Waals surface area contributed by atoms with E-state index < -0.39 is 11.9 Å². The van der Waals surface area contributed by atoms with Gasteiger partial charge >= 0.3 is 17.9 Å². The zero-order chi connectivity index (χ0) is 20.4. The molecule has 28 heavy (non-hydrogen) atoms. The van der Waals surface area contributed by atoms with Gasteiger partial charge in [-0.05, 0) is 44.1 Å². The summed E-state index contributed by atoms with van der Waals surface area (Å²) in [5.74, 6) is -1.48. The molecule has 1 N–H and O–H groups in total. The number of rotatable bonds is 6. The Hall–Kier alpha value is -2.83. The maximum atomic E-state index is 12.2. The third-order valence-electron chi connectivity index (χ3n) is 5.64. The molecule has 0 saturated heterocycles. The predicted molar refractivity (Wildman–Crippen MR) is 99.6 cm³/mol. The van der Waals surface area contributed by atoms with Crippen molar-refractivity contribution in [2.24, 2.45) is 5.92 Å². The van der Waals surface area contributed by atoms with E-state index in [-0.39, 0.29) is 29.6 Å². The van der Waals surface area contributed by atoms with Gasteiger partial charge in [-0.25, -0.2) is 9.59 Å². The summed E-state index contributed by atoms with van der Waals surface area (Å²) in [5.41, 5.74) is 2.93. The van der Waals surface area contributed by atoms with Crippen LogP contribution in [0.3, 0.4) is 0 Å². The van der Waals surface area contributed by atoms with Crippen LogP contribution in [0.25, 0.3) is 0 Å². The Labute approximate surface area is 163 Å². The number of hydrogen-bond acceptors (Lipinski definition) is 6.